The number of rotatable bonds is 3. The van der Waals surface area contributed by atoms with Gasteiger partial charge in [0.15, 0.2) is 0 Å². The van der Waals surface area contributed by atoms with Crippen LogP contribution in [0.15, 0.2) is 48.6 Å². The molecule has 0 bridgehead atoms. The molecule has 2 aromatic rings. The molecule has 4 nitrogen and oxygen atoms in total. The number of halogens is 4. The molecule has 0 radical (unpaired) electrons. The van der Waals surface area contributed by atoms with Gasteiger partial charge in [-0.1, -0.05) is 15.9 Å². The monoisotopic (exact) mass is 500 g/mol. The van der Waals surface area contributed by atoms with Crippen LogP contribution < -0.4 is 10.5 Å². The molecule has 0 saturated heterocycles. The van der Waals surface area contributed by atoms with Crippen LogP contribution in [0.25, 0.3) is 0 Å². The molecule has 0 unspecified atom stereocenters. The first-order valence-electron chi connectivity index (χ1n) is 5.43. The first-order valence-corrected chi connectivity index (χ1v) is 9.29. The van der Waals surface area contributed by atoms with Gasteiger partial charge in [0.1, 0.15) is 10.7 Å². The third-order valence-electron chi connectivity index (χ3n) is 2.46. The molecule has 2 aromatic carbocycles. The molecule has 0 heterocycles. The Balaban J connectivity index is 2.51. The van der Waals surface area contributed by atoms with Crippen molar-refractivity contribution in [2.75, 3.05) is 10.5 Å². The fourth-order valence-corrected chi connectivity index (χ4v) is 5.65. The van der Waals surface area contributed by atoms with Gasteiger partial charge in [0.05, 0.1) is 5.69 Å². The normalized spacial score (nSPS) is 11.4. The highest BCUT2D eigenvalue weighted by molar-refractivity contribution is 9.11. The Kier molecular flexibility index (Phi) is 4.96. The lowest BCUT2D eigenvalue weighted by molar-refractivity contribution is 0.597. The molecular formula is C12H8Br3FN2O2S. The number of hydrogen-bond donors (Lipinski definition) is 2. The van der Waals surface area contributed by atoms with Crippen molar-refractivity contribution in [1.29, 1.82) is 0 Å². The zero-order valence-corrected chi connectivity index (χ0v) is 15.8. The molecule has 3 N–H and O–H groups in total. The summed E-state index contributed by atoms with van der Waals surface area (Å²) in [4.78, 5) is -0.0592. The second kappa shape index (κ2) is 6.23. The van der Waals surface area contributed by atoms with Crippen LogP contribution in [0.3, 0.4) is 0 Å². The van der Waals surface area contributed by atoms with Crippen LogP contribution in [0.4, 0.5) is 15.8 Å². The quantitative estimate of drug-likeness (QED) is 0.607. The topological polar surface area (TPSA) is 72.2 Å². The van der Waals surface area contributed by atoms with Crippen LogP contribution >= 0.6 is 47.8 Å². The second-order valence-corrected chi connectivity index (χ2v) is 8.29. The highest BCUT2D eigenvalue weighted by Gasteiger charge is 2.23. The number of nitrogens with two attached hydrogens (primary N) is 1. The van der Waals surface area contributed by atoms with Crippen molar-refractivity contribution < 1.29 is 12.8 Å². The van der Waals surface area contributed by atoms with Crippen molar-refractivity contribution in [2.45, 2.75) is 4.90 Å². The predicted molar refractivity (Wildman–Crippen MR) is 91.2 cm³/mol. The highest BCUT2D eigenvalue weighted by atomic mass is 79.9. The summed E-state index contributed by atoms with van der Waals surface area (Å²) >= 11 is 9.46. The van der Waals surface area contributed by atoms with Gasteiger partial charge in [-0.3, -0.25) is 4.72 Å². The Hall–Kier alpha value is -0.640. The third-order valence-corrected chi connectivity index (χ3v) is 6.20. The lowest BCUT2D eigenvalue weighted by Crippen LogP contribution is -2.15. The zero-order chi connectivity index (χ0) is 15.8. The molecule has 0 aliphatic heterocycles. The van der Waals surface area contributed by atoms with E-state index < -0.39 is 15.8 Å². The lowest BCUT2D eigenvalue weighted by atomic mass is 10.3. The second-order valence-electron chi connectivity index (χ2n) is 4.04. The molecule has 0 atom stereocenters. The Morgan fingerprint density at radius 3 is 2.19 bits per heavy atom. The van der Waals surface area contributed by atoms with E-state index in [0.717, 1.165) is 6.07 Å². The van der Waals surface area contributed by atoms with Crippen LogP contribution in [0.5, 0.6) is 0 Å². The summed E-state index contributed by atoms with van der Waals surface area (Å²) in [6.07, 6.45) is 0. The van der Waals surface area contributed by atoms with Crippen molar-refractivity contribution in [3.05, 3.63) is 49.6 Å². The Labute approximate surface area is 146 Å². The molecule has 0 fully saturated rings. The molecule has 21 heavy (non-hydrogen) atoms. The lowest BCUT2D eigenvalue weighted by Gasteiger charge is -2.13. The minimum atomic E-state index is -3.99. The Morgan fingerprint density at radius 1 is 1.05 bits per heavy atom. The maximum Gasteiger partial charge on any atom is 0.264 e. The van der Waals surface area contributed by atoms with Crippen LogP contribution in [0.2, 0.25) is 0 Å². The molecule has 2 rings (SSSR count). The van der Waals surface area contributed by atoms with Crippen molar-refractivity contribution in [2.24, 2.45) is 0 Å². The molecule has 0 aromatic heterocycles. The molecule has 9 heteroatoms. The summed E-state index contributed by atoms with van der Waals surface area (Å²) in [6, 6.07) is 6.89. The summed E-state index contributed by atoms with van der Waals surface area (Å²) in [5.41, 5.74) is 5.86. The Morgan fingerprint density at radius 2 is 1.62 bits per heavy atom. The van der Waals surface area contributed by atoms with E-state index in [-0.39, 0.29) is 19.5 Å². The van der Waals surface area contributed by atoms with Crippen molar-refractivity contribution >= 4 is 69.2 Å². The fourth-order valence-electron chi connectivity index (χ4n) is 1.61. The summed E-state index contributed by atoms with van der Waals surface area (Å²) < 4.78 is 41.9. The van der Waals surface area contributed by atoms with E-state index in [0.29, 0.717) is 10.2 Å². The van der Waals surface area contributed by atoms with Gasteiger partial charge in [0.25, 0.3) is 10.0 Å². The average Bonchev–Trinajstić information content (AvgIpc) is 2.31. The van der Waals surface area contributed by atoms with Crippen LogP contribution in [-0.4, -0.2) is 8.42 Å². The maximum absolute atomic E-state index is 13.7. The van der Waals surface area contributed by atoms with Crippen LogP contribution in [0, 0.1) is 5.82 Å². The first-order chi connectivity index (χ1) is 9.70. The number of benzene rings is 2. The van der Waals surface area contributed by atoms with Gasteiger partial charge in [-0.25, -0.2) is 12.8 Å². The van der Waals surface area contributed by atoms with E-state index >= 15 is 0 Å². The van der Waals surface area contributed by atoms with E-state index in [1.165, 1.54) is 24.3 Å². The predicted octanol–water partition coefficient (Wildman–Crippen LogP) is 4.50. The van der Waals surface area contributed by atoms with Gasteiger partial charge in [-0.05, 0) is 62.2 Å². The molecule has 0 aliphatic carbocycles. The number of hydrogen-bond acceptors (Lipinski definition) is 3. The van der Waals surface area contributed by atoms with Crippen molar-refractivity contribution in [1.82, 2.24) is 0 Å². The van der Waals surface area contributed by atoms with E-state index in [2.05, 4.69) is 52.5 Å². The zero-order valence-electron chi connectivity index (χ0n) is 10.2. The van der Waals surface area contributed by atoms with Gasteiger partial charge in [-0.15, -0.1) is 0 Å². The maximum atomic E-state index is 13.7. The number of sulfonamides is 1. The van der Waals surface area contributed by atoms with Crippen LogP contribution in [-0.2, 0) is 10.0 Å². The SMILES string of the molecule is Nc1cc(Br)c(S(=O)(=O)Nc2cc(Br)ccc2F)c(Br)c1. The number of nitrogen functional groups attached to an aromatic ring is 1. The van der Waals surface area contributed by atoms with Gasteiger partial charge in [0.2, 0.25) is 0 Å². The summed E-state index contributed by atoms with van der Waals surface area (Å²) in [5.74, 6) is -0.676. The van der Waals surface area contributed by atoms with Crippen molar-refractivity contribution in [3.63, 3.8) is 0 Å². The largest absolute Gasteiger partial charge is 0.399 e. The molecule has 0 aliphatic rings. The van der Waals surface area contributed by atoms with E-state index in [1.807, 2.05) is 0 Å². The molecule has 0 amide bonds. The molecule has 0 saturated carbocycles. The smallest absolute Gasteiger partial charge is 0.264 e. The summed E-state index contributed by atoms with van der Waals surface area (Å²) in [5, 5.41) is 0. The minimum absolute atomic E-state index is 0.0592. The van der Waals surface area contributed by atoms with E-state index in [1.54, 1.807) is 0 Å². The average molecular weight is 503 g/mol. The standard InChI is InChI=1S/C12H8Br3FN2O2S/c13-6-1-2-10(16)11(3-6)18-21(19,20)12-8(14)4-7(17)5-9(12)15/h1-5,18H,17H2. The number of nitrogens with one attached hydrogen (secondary N) is 1. The summed E-state index contributed by atoms with van der Waals surface area (Å²) in [7, 11) is -3.99. The first kappa shape index (κ1) is 16.7. The minimum Gasteiger partial charge on any atom is -0.399 e. The fraction of sp³-hybridized carbons (Fsp3) is 0. The van der Waals surface area contributed by atoms with E-state index in [9.17, 15) is 12.8 Å². The number of anilines is 2. The van der Waals surface area contributed by atoms with Gasteiger partial charge >= 0.3 is 0 Å². The molecular weight excluding hydrogens is 495 g/mol. The Bertz CT molecular complexity index is 789. The van der Waals surface area contributed by atoms with Gasteiger partial charge in [0, 0.05) is 19.1 Å². The highest BCUT2D eigenvalue weighted by Crippen LogP contribution is 2.34. The van der Waals surface area contributed by atoms with Crippen LogP contribution in [0.1, 0.15) is 0 Å². The van der Waals surface area contributed by atoms with Gasteiger partial charge in [-0.2, -0.15) is 0 Å². The third kappa shape index (κ3) is 3.77. The molecule has 112 valence electrons. The molecule has 0 spiro atoms. The van der Waals surface area contributed by atoms with Gasteiger partial charge < -0.3 is 5.73 Å². The summed E-state index contributed by atoms with van der Waals surface area (Å²) in [6.45, 7) is 0. The van der Waals surface area contributed by atoms with Crippen molar-refractivity contribution in [3.8, 4) is 0 Å². The van der Waals surface area contributed by atoms with E-state index in [4.69, 9.17) is 5.73 Å².